The Morgan fingerprint density at radius 3 is 1.93 bits per heavy atom. The van der Waals surface area contributed by atoms with Gasteiger partial charge in [0.25, 0.3) is 0 Å². The third-order valence-electron chi connectivity index (χ3n) is 5.77. The second-order valence-electron chi connectivity index (χ2n) is 8.05. The fraction of sp³-hybridized carbons (Fsp3) is 0.179. The van der Waals surface area contributed by atoms with Crippen LogP contribution in [0.4, 0.5) is 0 Å². The van der Waals surface area contributed by atoms with Crippen LogP contribution in [0.1, 0.15) is 22.3 Å². The summed E-state index contributed by atoms with van der Waals surface area (Å²) in [5.74, 6) is 0. The molecule has 1 heterocycles. The lowest BCUT2D eigenvalue weighted by Gasteiger charge is -2.17. The lowest BCUT2D eigenvalue weighted by molar-refractivity contribution is -0.660. The van der Waals surface area contributed by atoms with E-state index in [1.807, 2.05) is 0 Å². The van der Waals surface area contributed by atoms with Crippen LogP contribution in [0.15, 0.2) is 79.0 Å². The van der Waals surface area contributed by atoms with Gasteiger partial charge in [-0.1, -0.05) is 60.2 Å². The molecular formula is C28H28N+. The van der Waals surface area contributed by atoms with Gasteiger partial charge in [0.1, 0.15) is 7.05 Å². The van der Waals surface area contributed by atoms with Gasteiger partial charge >= 0.3 is 0 Å². The van der Waals surface area contributed by atoms with Crippen LogP contribution in [0.25, 0.3) is 33.5 Å². The monoisotopic (exact) mass is 378 g/mol. The quantitative estimate of drug-likeness (QED) is 0.347. The highest BCUT2D eigenvalue weighted by atomic mass is 14.9. The van der Waals surface area contributed by atoms with E-state index in [1.165, 1.54) is 55.8 Å². The van der Waals surface area contributed by atoms with Crippen LogP contribution in [0.3, 0.4) is 0 Å². The van der Waals surface area contributed by atoms with Crippen LogP contribution < -0.4 is 4.57 Å². The third-order valence-corrected chi connectivity index (χ3v) is 5.77. The van der Waals surface area contributed by atoms with Gasteiger partial charge in [-0.25, -0.2) is 4.57 Å². The topological polar surface area (TPSA) is 3.88 Å². The van der Waals surface area contributed by atoms with Crippen LogP contribution in [-0.4, -0.2) is 0 Å². The van der Waals surface area contributed by atoms with Gasteiger partial charge in [-0.2, -0.15) is 0 Å². The first-order chi connectivity index (χ1) is 14.0. The van der Waals surface area contributed by atoms with Crippen LogP contribution in [0.2, 0.25) is 0 Å². The molecule has 29 heavy (non-hydrogen) atoms. The lowest BCUT2D eigenvalue weighted by Crippen LogP contribution is -2.30. The molecule has 4 aromatic rings. The van der Waals surface area contributed by atoms with E-state index >= 15 is 0 Å². The number of aromatic nitrogens is 1. The number of hydrogen-bond donors (Lipinski definition) is 0. The summed E-state index contributed by atoms with van der Waals surface area (Å²) >= 11 is 0. The Balaban J connectivity index is 1.92. The van der Waals surface area contributed by atoms with E-state index in [-0.39, 0.29) is 0 Å². The maximum Gasteiger partial charge on any atom is 0.213 e. The molecule has 0 bridgehead atoms. The Kier molecular flexibility index (Phi) is 5.07. The highest BCUT2D eigenvalue weighted by Gasteiger charge is 2.19. The van der Waals surface area contributed by atoms with Crippen molar-refractivity contribution < 1.29 is 4.57 Å². The molecule has 0 radical (unpaired) electrons. The Morgan fingerprint density at radius 1 is 0.586 bits per heavy atom. The van der Waals surface area contributed by atoms with E-state index in [0.717, 1.165) is 0 Å². The highest BCUT2D eigenvalue weighted by molar-refractivity contribution is 5.87. The largest absolute Gasteiger partial charge is 0.213 e. The van der Waals surface area contributed by atoms with Crippen molar-refractivity contribution >= 4 is 0 Å². The second kappa shape index (κ2) is 7.67. The van der Waals surface area contributed by atoms with Crippen molar-refractivity contribution in [3.63, 3.8) is 0 Å². The fourth-order valence-corrected chi connectivity index (χ4v) is 4.30. The Bertz CT molecular complexity index is 1160. The molecule has 0 fully saturated rings. The lowest BCUT2D eigenvalue weighted by atomic mass is 9.86. The number of aryl methyl sites for hydroxylation is 5. The molecule has 0 aliphatic rings. The Hall–Kier alpha value is -3.19. The van der Waals surface area contributed by atoms with Gasteiger partial charge < -0.3 is 0 Å². The molecule has 1 aromatic heterocycles. The first kappa shape index (κ1) is 19.1. The zero-order valence-corrected chi connectivity index (χ0v) is 18.0. The summed E-state index contributed by atoms with van der Waals surface area (Å²) in [6, 6.07) is 26.5. The third kappa shape index (κ3) is 3.61. The minimum Gasteiger partial charge on any atom is -0.201 e. The van der Waals surface area contributed by atoms with Gasteiger partial charge in [0.05, 0.1) is 5.56 Å². The average Bonchev–Trinajstić information content (AvgIpc) is 2.69. The molecule has 1 nitrogen and oxygen atoms in total. The predicted molar refractivity (Wildman–Crippen MR) is 123 cm³/mol. The minimum absolute atomic E-state index is 1.24. The van der Waals surface area contributed by atoms with Crippen molar-refractivity contribution in [1.29, 1.82) is 0 Å². The molecular weight excluding hydrogens is 350 g/mol. The normalized spacial score (nSPS) is 10.9. The Morgan fingerprint density at radius 2 is 1.28 bits per heavy atom. The number of hydrogen-bond acceptors (Lipinski definition) is 0. The molecule has 1 heteroatoms. The summed E-state index contributed by atoms with van der Waals surface area (Å²) in [6.45, 7) is 8.80. The molecule has 3 aromatic carbocycles. The predicted octanol–water partition coefficient (Wildman–Crippen LogP) is 6.75. The van der Waals surface area contributed by atoms with Crippen LogP contribution in [0.5, 0.6) is 0 Å². The standard InChI is InChI=1S/C28H28N/c1-19-12-14-23(15-13-19)24-17-21(3)27(22(4)18-24)25-10-8-9-20(2)28(25)26-11-6-7-16-29(26)5/h6-18H,1-5H3/q+1. The van der Waals surface area contributed by atoms with Crippen molar-refractivity contribution in [3.05, 3.63) is 101 Å². The first-order valence-electron chi connectivity index (χ1n) is 10.2. The van der Waals surface area contributed by atoms with Crippen LogP contribution in [0, 0.1) is 27.7 Å². The van der Waals surface area contributed by atoms with Crippen molar-refractivity contribution in [2.75, 3.05) is 0 Å². The molecule has 0 N–H and O–H groups in total. The van der Waals surface area contributed by atoms with Crippen molar-refractivity contribution in [3.8, 4) is 33.5 Å². The first-order valence-corrected chi connectivity index (χ1v) is 10.2. The number of pyridine rings is 1. The van der Waals surface area contributed by atoms with Gasteiger partial charge in [0, 0.05) is 12.1 Å². The van der Waals surface area contributed by atoms with Gasteiger partial charge in [-0.3, -0.25) is 0 Å². The summed E-state index contributed by atoms with van der Waals surface area (Å²) in [7, 11) is 2.12. The average molecular weight is 379 g/mol. The number of nitrogens with zero attached hydrogens (tertiary/aromatic N) is 1. The fourth-order valence-electron chi connectivity index (χ4n) is 4.30. The maximum atomic E-state index is 2.32. The summed E-state index contributed by atoms with van der Waals surface area (Å²) in [5, 5.41) is 0. The minimum atomic E-state index is 1.24. The zero-order valence-electron chi connectivity index (χ0n) is 18.0. The van der Waals surface area contributed by atoms with Gasteiger partial charge in [-0.15, -0.1) is 0 Å². The molecule has 144 valence electrons. The highest BCUT2D eigenvalue weighted by Crippen LogP contribution is 2.38. The molecule has 0 saturated heterocycles. The molecule has 0 spiro atoms. The van der Waals surface area contributed by atoms with Crippen molar-refractivity contribution in [2.45, 2.75) is 27.7 Å². The molecule has 0 unspecified atom stereocenters. The summed E-state index contributed by atoms with van der Waals surface area (Å²) < 4.78 is 2.21. The molecule has 0 saturated carbocycles. The van der Waals surface area contributed by atoms with Gasteiger partial charge in [-0.05, 0) is 72.7 Å². The van der Waals surface area contributed by atoms with Crippen molar-refractivity contribution in [1.82, 2.24) is 0 Å². The van der Waals surface area contributed by atoms with Gasteiger partial charge in [0.2, 0.25) is 5.69 Å². The van der Waals surface area contributed by atoms with E-state index < -0.39 is 0 Å². The summed E-state index contributed by atoms with van der Waals surface area (Å²) in [6.07, 6.45) is 2.12. The van der Waals surface area contributed by atoms with Gasteiger partial charge in [0.15, 0.2) is 6.20 Å². The number of benzene rings is 3. The van der Waals surface area contributed by atoms with E-state index in [0.29, 0.717) is 0 Å². The van der Waals surface area contributed by atoms with E-state index in [1.54, 1.807) is 0 Å². The molecule has 0 amide bonds. The van der Waals surface area contributed by atoms with Crippen LogP contribution >= 0.6 is 0 Å². The smallest absolute Gasteiger partial charge is 0.201 e. The molecule has 0 aliphatic carbocycles. The number of rotatable bonds is 3. The maximum absolute atomic E-state index is 2.32. The van der Waals surface area contributed by atoms with E-state index in [9.17, 15) is 0 Å². The Labute approximate surface area is 174 Å². The van der Waals surface area contributed by atoms with Crippen molar-refractivity contribution in [2.24, 2.45) is 7.05 Å². The molecule has 0 aliphatic heterocycles. The molecule has 0 atom stereocenters. The zero-order chi connectivity index (χ0) is 20.5. The summed E-state index contributed by atoms with van der Waals surface area (Å²) in [5.41, 5.74) is 12.9. The second-order valence-corrected chi connectivity index (χ2v) is 8.05. The summed E-state index contributed by atoms with van der Waals surface area (Å²) in [4.78, 5) is 0. The SMILES string of the molecule is Cc1ccc(-c2cc(C)c(-c3cccc(C)c3-c3cccc[n+]3C)c(C)c2)cc1. The molecule has 4 rings (SSSR count). The van der Waals surface area contributed by atoms with E-state index in [4.69, 9.17) is 0 Å². The van der Waals surface area contributed by atoms with Crippen LogP contribution in [-0.2, 0) is 7.05 Å². The van der Waals surface area contributed by atoms with E-state index in [2.05, 4.69) is 118 Å².